The molecule has 1 atom stereocenters. The summed E-state index contributed by atoms with van der Waals surface area (Å²) in [5, 5.41) is 3.55. The molecule has 0 saturated carbocycles. The Morgan fingerprint density at radius 1 is 1.27 bits per heavy atom. The van der Waals surface area contributed by atoms with Gasteiger partial charge in [-0.1, -0.05) is 50.8 Å². The first kappa shape index (κ1) is 12.0. The highest BCUT2D eigenvalue weighted by atomic mass is 14.9. The van der Waals surface area contributed by atoms with Crippen LogP contribution in [-0.2, 0) is 0 Å². The molecule has 0 aliphatic rings. The zero-order valence-electron chi connectivity index (χ0n) is 9.79. The Kier molecular flexibility index (Phi) is 5.13. The Morgan fingerprint density at radius 2 is 1.93 bits per heavy atom. The van der Waals surface area contributed by atoms with E-state index in [1.165, 1.54) is 17.5 Å². The molecule has 0 fully saturated rings. The van der Waals surface area contributed by atoms with Crippen LogP contribution in [0, 0.1) is 0 Å². The summed E-state index contributed by atoms with van der Waals surface area (Å²) in [6.45, 7) is 9.26. The third-order valence-corrected chi connectivity index (χ3v) is 2.62. The lowest BCUT2D eigenvalue weighted by atomic mass is 10.0. The van der Waals surface area contributed by atoms with Crippen molar-refractivity contribution in [2.45, 2.75) is 32.7 Å². The predicted octanol–water partition coefficient (Wildman–Crippen LogP) is 3.78. The van der Waals surface area contributed by atoms with Crippen LogP contribution >= 0.6 is 0 Å². The molecule has 82 valence electrons. The molecule has 1 rings (SSSR count). The van der Waals surface area contributed by atoms with Crippen LogP contribution in [0.2, 0.25) is 0 Å². The minimum absolute atomic E-state index is 0.490. The second-order valence-corrected chi connectivity index (χ2v) is 3.79. The summed E-state index contributed by atoms with van der Waals surface area (Å²) in [4.78, 5) is 0. The van der Waals surface area contributed by atoms with Gasteiger partial charge in [-0.3, -0.25) is 0 Å². The van der Waals surface area contributed by atoms with Crippen molar-refractivity contribution in [3.8, 4) is 0 Å². The van der Waals surface area contributed by atoms with Gasteiger partial charge < -0.3 is 5.32 Å². The van der Waals surface area contributed by atoms with Gasteiger partial charge in [-0.2, -0.15) is 0 Å². The van der Waals surface area contributed by atoms with E-state index in [0.717, 1.165) is 13.0 Å². The van der Waals surface area contributed by atoms with E-state index >= 15 is 0 Å². The molecule has 1 unspecified atom stereocenters. The van der Waals surface area contributed by atoms with Crippen molar-refractivity contribution in [1.82, 2.24) is 5.32 Å². The third-order valence-electron chi connectivity index (χ3n) is 2.62. The molecule has 1 aromatic carbocycles. The quantitative estimate of drug-likeness (QED) is 0.742. The lowest BCUT2D eigenvalue weighted by molar-refractivity contribution is 0.518. The first-order valence-corrected chi connectivity index (χ1v) is 5.77. The second-order valence-electron chi connectivity index (χ2n) is 3.79. The standard InChI is InChI=1S/C14H21N/c1-4-11-15-14(6-3)13-9-7-12(5-2)8-10-13/h5,7-10,14-15H,2,4,6,11H2,1,3H3. The van der Waals surface area contributed by atoms with Gasteiger partial charge in [-0.05, 0) is 30.5 Å². The molecule has 1 nitrogen and oxygen atoms in total. The molecule has 1 aromatic rings. The molecule has 0 heterocycles. The van der Waals surface area contributed by atoms with Crippen LogP contribution < -0.4 is 5.32 Å². The number of hydrogen-bond donors (Lipinski definition) is 1. The van der Waals surface area contributed by atoms with Crippen LogP contribution in [0.3, 0.4) is 0 Å². The predicted molar refractivity (Wildman–Crippen MR) is 67.9 cm³/mol. The number of nitrogens with one attached hydrogen (secondary N) is 1. The molecular formula is C14H21N. The van der Waals surface area contributed by atoms with Crippen LogP contribution in [0.15, 0.2) is 30.8 Å². The van der Waals surface area contributed by atoms with Crippen molar-refractivity contribution in [3.63, 3.8) is 0 Å². The van der Waals surface area contributed by atoms with E-state index in [9.17, 15) is 0 Å². The summed E-state index contributed by atoms with van der Waals surface area (Å²) in [5.41, 5.74) is 2.56. The maximum absolute atomic E-state index is 3.76. The van der Waals surface area contributed by atoms with Crippen LogP contribution in [-0.4, -0.2) is 6.54 Å². The van der Waals surface area contributed by atoms with Crippen molar-refractivity contribution < 1.29 is 0 Å². The lowest BCUT2D eigenvalue weighted by Crippen LogP contribution is -2.21. The molecule has 0 amide bonds. The van der Waals surface area contributed by atoms with Gasteiger partial charge in [0, 0.05) is 6.04 Å². The van der Waals surface area contributed by atoms with Gasteiger partial charge in [0.1, 0.15) is 0 Å². The van der Waals surface area contributed by atoms with E-state index in [4.69, 9.17) is 0 Å². The zero-order chi connectivity index (χ0) is 11.1. The molecule has 0 aliphatic heterocycles. The van der Waals surface area contributed by atoms with Crippen molar-refractivity contribution in [1.29, 1.82) is 0 Å². The monoisotopic (exact) mass is 203 g/mol. The average molecular weight is 203 g/mol. The lowest BCUT2D eigenvalue weighted by Gasteiger charge is -2.17. The van der Waals surface area contributed by atoms with Gasteiger partial charge >= 0.3 is 0 Å². The Hall–Kier alpha value is -1.08. The van der Waals surface area contributed by atoms with Crippen molar-refractivity contribution in [2.24, 2.45) is 0 Å². The molecule has 0 bridgehead atoms. The minimum Gasteiger partial charge on any atom is -0.310 e. The maximum atomic E-state index is 3.76. The van der Waals surface area contributed by atoms with Crippen LogP contribution in [0.1, 0.15) is 43.9 Å². The van der Waals surface area contributed by atoms with E-state index in [2.05, 4.69) is 50.0 Å². The summed E-state index contributed by atoms with van der Waals surface area (Å²) < 4.78 is 0. The van der Waals surface area contributed by atoms with Crippen LogP contribution in [0.25, 0.3) is 6.08 Å². The number of rotatable bonds is 6. The highest BCUT2D eigenvalue weighted by Gasteiger charge is 2.06. The van der Waals surface area contributed by atoms with E-state index in [0.29, 0.717) is 6.04 Å². The Balaban J connectivity index is 2.69. The van der Waals surface area contributed by atoms with E-state index in [1.54, 1.807) is 0 Å². The Labute approximate surface area is 93.2 Å². The molecule has 1 heteroatoms. The molecule has 15 heavy (non-hydrogen) atoms. The van der Waals surface area contributed by atoms with E-state index < -0.39 is 0 Å². The van der Waals surface area contributed by atoms with Crippen LogP contribution in [0.5, 0.6) is 0 Å². The largest absolute Gasteiger partial charge is 0.310 e. The molecule has 0 spiro atoms. The molecule has 0 aliphatic carbocycles. The Morgan fingerprint density at radius 3 is 2.40 bits per heavy atom. The summed E-state index contributed by atoms with van der Waals surface area (Å²) >= 11 is 0. The van der Waals surface area contributed by atoms with Gasteiger partial charge in [-0.15, -0.1) is 0 Å². The third kappa shape index (κ3) is 3.52. The molecule has 0 aromatic heterocycles. The first-order valence-electron chi connectivity index (χ1n) is 5.77. The second kappa shape index (κ2) is 6.41. The van der Waals surface area contributed by atoms with E-state index in [1.807, 2.05) is 6.08 Å². The average Bonchev–Trinajstić information content (AvgIpc) is 2.31. The molecular weight excluding hydrogens is 182 g/mol. The van der Waals surface area contributed by atoms with Gasteiger partial charge in [0.05, 0.1) is 0 Å². The minimum atomic E-state index is 0.490. The highest BCUT2D eigenvalue weighted by Crippen LogP contribution is 2.17. The summed E-state index contributed by atoms with van der Waals surface area (Å²) in [6, 6.07) is 9.11. The normalized spacial score (nSPS) is 12.4. The van der Waals surface area contributed by atoms with Crippen LogP contribution in [0.4, 0.5) is 0 Å². The van der Waals surface area contributed by atoms with Crippen molar-refractivity contribution in [2.75, 3.05) is 6.54 Å². The topological polar surface area (TPSA) is 12.0 Å². The molecule has 0 saturated heterocycles. The summed E-state index contributed by atoms with van der Waals surface area (Å²) in [7, 11) is 0. The SMILES string of the molecule is C=Cc1ccc(C(CC)NCCC)cc1. The Bertz CT molecular complexity index is 287. The van der Waals surface area contributed by atoms with Gasteiger partial charge in [0.15, 0.2) is 0 Å². The summed E-state index contributed by atoms with van der Waals surface area (Å²) in [6.07, 6.45) is 4.19. The van der Waals surface area contributed by atoms with Crippen molar-refractivity contribution in [3.05, 3.63) is 42.0 Å². The summed E-state index contributed by atoms with van der Waals surface area (Å²) in [5.74, 6) is 0. The fraction of sp³-hybridized carbons (Fsp3) is 0.429. The maximum Gasteiger partial charge on any atom is 0.0317 e. The smallest absolute Gasteiger partial charge is 0.0317 e. The van der Waals surface area contributed by atoms with Gasteiger partial charge in [-0.25, -0.2) is 0 Å². The van der Waals surface area contributed by atoms with E-state index in [-0.39, 0.29) is 0 Å². The highest BCUT2D eigenvalue weighted by molar-refractivity contribution is 5.47. The van der Waals surface area contributed by atoms with Gasteiger partial charge in [0.25, 0.3) is 0 Å². The molecule has 0 radical (unpaired) electrons. The van der Waals surface area contributed by atoms with Gasteiger partial charge in [0.2, 0.25) is 0 Å². The number of benzene rings is 1. The fourth-order valence-electron chi connectivity index (χ4n) is 1.68. The number of hydrogen-bond acceptors (Lipinski definition) is 1. The zero-order valence-corrected chi connectivity index (χ0v) is 9.79. The fourth-order valence-corrected chi connectivity index (χ4v) is 1.68. The molecule has 1 N–H and O–H groups in total. The van der Waals surface area contributed by atoms with Crippen molar-refractivity contribution >= 4 is 6.08 Å². The first-order chi connectivity index (χ1) is 7.31.